The van der Waals surface area contributed by atoms with Crippen molar-refractivity contribution in [2.75, 3.05) is 0 Å². The third kappa shape index (κ3) is 1.08. The summed E-state index contributed by atoms with van der Waals surface area (Å²) in [6.07, 6.45) is 0.685. The minimum absolute atomic E-state index is 0.128. The van der Waals surface area contributed by atoms with Gasteiger partial charge < -0.3 is 0 Å². The number of hydrogen-bond acceptors (Lipinski definition) is 2. The van der Waals surface area contributed by atoms with E-state index in [2.05, 4.69) is 12.1 Å². The molecule has 1 aromatic rings. The van der Waals surface area contributed by atoms with Gasteiger partial charge in [-0.2, -0.15) is 10.5 Å². The molecule has 0 spiro atoms. The van der Waals surface area contributed by atoms with Crippen LogP contribution in [0.4, 0.5) is 0 Å². The molecule has 1 aliphatic carbocycles. The molecule has 1 atom stereocenters. The maximum Gasteiger partial charge on any atom is 0.151 e. The van der Waals surface area contributed by atoms with Crippen LogP contribution in [-0.4, -0.2) is 0 Å². The highest BCUT2D eigenvalue weighted by Crippen LogP contribution is 2.58. The van der Waals surface area contributed by atoms with E-state index >= 15 is 0 Å². The van der Waals surface area contributed by atoms with Crippen molar-refractivity contribution >= 4 is 0 Å². The molecule has 0 aromatic heterocycles. The summed E-state index contributed by atoms with van der Waals surface area (Å²) in [6.45, 7) is 0. The molecule has 13 heavy (non-hydrogen) atoms. The van der Waals surface area contributed by atoms with E-state index in [-0.39, 0.29) is 5.92 Å². The van der Waals surface area contributed by atoms with Crippen LogP contribution in [0.2, 0.25) is 0 Å². The Morgan fingerprint density at radius 2 is 1.77 bits per heavy atom. The van der Waals surface area contributed by atoms with Crippen molar-refractivity contribution in [3.05, 3.63) is 35.9 Å². The molecule has 0 N–H and O–H groups in total. The monoisotopic (exact) mass is 168 g/mol. The molecule has 2 heteroatoms. The van der Waals surface area contributed by atoms with Crippen LogP contribution in [0.1, 0.15) is 17.9 Å². The van der Waals surface area contributed by atoms with Crippen molar-refractivity contribution in [2.24, 2.45) is 5.41 Å². The Bertz CT molecular complexity index is 380. The molecule has 62 valence electrons. The minimum Gasteiger partial charge on any atom is -0.197 e. The first-order chi connectivity index (χ1) is 6.32. The SMILES string of the molecule is N#CC1(C#N)CC1c1ccccc1. The van der Waals surface area contributed by atoms with Gasteiger partial charge in [0.25, 0.3) is 0 Å². The highest BCUT2D eigenvalue weighted by atomic mass is 14.6. The summed E-state index contributed by atoms with van der Waals surface area (Å²) >= 11 is 0. The summed E-state index contributed by atoms with van der Waals surface area (Å²) in [5, 5.41) is 17.6. The summed E-state index contributed by atoms with van der Waals surface area (Å²) < 4.78 is 0. The van der Waals surface area contributed by atoms with E-state index in [0.717, 1.165) is 5.56 Å². The fourth-order valence-corrected chi connectivity index (χ4v) is 1.62. The maximum atomic E-state index is 8.82. The Morgan fingerprint density at radius 1 is 1.15 bits per heavy atom. The molecule has 2 nitrogen and oxygen atoms in total. The molecular weight excluding hydrogens is 160 g/mol. The molecule has 0 heterocycles. The summed E-state index contributed by atoms with van der Waals surface area (Å²) in [5.41, 5.74) is 0.368. The van der Waals surface area contributed by atoms with Crippen LogP contribution in [0, 0.1) is 28.1 Å². The second-order valence-corrected chi connectivity index (χ2v) is 3.36. The van der Waals surface area contributed by atoms with Crippen molar-refractivity contribution in [1.29, 1.82) is 10.5 Å². The van der Waals surface area contributed by atoms with Gasteiger partial charge in [0.15, 0.2) is 5.41 Å². The zero-order valence-corrected chi connectivity index (χ0v) is 7.07. The summed E-state index contributed by atoms with van der Waals surface area (Å²) in [4.78, 5) is 0. The average Bonchev–Trinajstić information content (AvgIpc) is 2.95. The molecule has 1 fully saturated rings. The van der Waals surface area contributed by atoms with Crippen LogP contribution in [0.15, 0.2) is 30.3 Å². The second kappa shape index (κ2) is 2.61. The van der Waals surface area contributed by atoms with Gasteiger partial charge in [0.2, 0.25) is 0 Å². The van der Waals surface area contributed by atoms with Crippen molar-refractivity contribution in [3.8, 4) is 12.1 Å². The van der Waals surface area contributed by atoms with E-state index < -0.39 is 5.41 Å². The lowest BCUT2D eigenvalue weighted by molar-refractivity contribution is 0.841. The molecule has 1 aliphatic rings. The molecule has 0 amide bonds. The predicted molar refractivity (Wildman–Crippen MR) is 47.5 cm³/mol. The van der Waals surface area contributed by atoms with Crippen LogP contribution in [-0.2, 0) is 0 Å². The van der Waals surface area contributed by atoms with Gasteiger partial charge in [0.1, 0.15) is 0 Å². The lowest BCUT2D eigenvalue weighted by Crippen LogP contribution is -1.94. The standard InChI is InChI=1S/C11H8N2/c12-7-11(8-13)6-10(11)9-4-2-1-3-5-9/h1-5,10H,6H2. The predicted octanol–water partition coefficient (Wildman–Crippen LogP) is 2.21. The van der Waals surface area contributed by atoms with Crippen LogP contribution in [0.25, 0.3) is 0 Å². The van der Waals surface area contributed by atoms with Gasteiger partial charge in [-0.05, 0) is 12.0 Å². The highest BCUT2D eigenvalue weighted by molar-refractivity contribution is 5.40. The Hall–Kier alpha value is -1.80. The first-order valence-electron chi connectivity index (χ1n) is 4.20. The maximum absolute atomic E-state index is 8.82. The van der Waals surface area contributed by atoms with Gasteiger partial charge in [0.05, 0.1) is 12.1 Å². The molecule has 0 saturated heterocycles. The smallest absolute Gasteiger partial charge is 0.151 e. The Labute approximate surface area is 77.0 Å². The van der Waals surface area contributed by atoms with E-state index in [1.54, 1.807) is 0 Å². The van der Waals surface area contributed by atoms with Crippen molar-refractivity contribution in [3.63, 3.8) is 0 Å². The van der Waals surface area contributed by atoms with Crippen LogP contribution in [0.5, 0.6) is 0 Å². The fourth-order valence-electron chi connectivity index (χ4n) is 1.62. The summed E-state index contributed by atoms with van der Waals surface area (Å²) in [5.74, 6) is 0.128. The number of nitriles is 2. The molecule has 2 rings (SSSR count). The van der Waals surface area contributed by atoms with E-state index in [4.69, 9.17) is 10.5 Å². The van der Waals surface area contributed by atoms with Gasteiger partial charge in [-0.25, -0.2) is 0 Å². The quantitative estimate of drug-likeness (QED) is 0.645. The minimum atomic E-state index is -0.735. The summed E-state index contributed by atoms with van der Waals surface area (Å²) in [6, 6.07) is 13.9. The van der Waals surface area contributed by atoms with Crippen LogP contribution in [0.3, 0.4) is 0 Å². The van der Waals surface area contributed by atoms with Gasteiger partial charge in [-0.3, -0.25) is 0 Å². The fraction of sp³-hybridized carbons (Fsp3) is 0.273. The Kier molecular flexibility index (Phi) is 1.57. The normalized spacial score (nSPS) is 22.8. The first kappa shape index (κ1) is 7.83. The largest absolute Gasteiger partial charge is 0.197 e. The number of benzene rings is 1. The molecule has 1 saturated carbocycles. The van der Waals surface area contributed by atoms with E-state index in [1.807, 2.05) is 30.3 Å². The lowest BCUT2D eigenvalue weighted by atomic mass is 10.0. The van der Waals surface area contributed by atoms with E-state index in [0.29, 0.717) is 6.42 Å². The first-order valence-corrected chi connectivity index (χ1v) is 4.20. The van der Waals surface area contributed by atoms with Crippen molar-refractivity contribution < 1.29 is 0 Å². The third-order valence-corrected chi connectivity index (χ3v) is 2.56. The highest BCUT2D eigenvalue weighted by Gasteiger charge is 2.56. The van der Waals surface area contributed by atoms with Crippen molar-refractivity contribution in [2.45, 2.75) is 12.3 Å². The summed E-state index contributed by atoms with van der Waals surface area (Å²) in [7, 11) is 0. The number of hydrogen-bond donors (Lipinski definition) is 0. The molecule has 0 aliphatic heterocycles. The van der Waals surface area contributed by atoms with Crippen LogP contribution >= 0.6 is 0 Å². The zero-order chi connectivity index (χ0) is 9.31. The lowest BCUT2D eigenvalue weighted by Gasteiger charge is -1.97. The van der Waals surface area contributed by atoms with Gasteiger partial charge in [-0.1, -0.05) is 30.3 Å². The second-order valence-electron chi connectivity index (χ2n) is 3.36. The topological polar surface area (TPSA) is 47.6 Å². The van der Waals surface area contributed by atoms with Crippen molar-refractivity contribution in [1.82, 2.24) is 0 Å². The van der Waals surface area contributed by atoms with Crippen LogP contribution < -0.4 is 0 Å². The number of rotatable bonds is 1. The molecule has 0 radical (unpaired) electrons. The molecule has 1 unspecified atom stereocenters. The molecular formula is C11H8N2. The molecule has 1 aromatic carbocycles. The van der Waals surface area contributed by atoms with Gasteiger partial charge >= 0.3 is 0 Å². The number of nitrogens with zero attached hydrogens (tertiary/aromatic N) is 2. The van der Waals surface area contributed by atoms with Gasteiger partial charge in [0, 0.05) is 5.92 Å². The Balaban J connectivity index is 2.27. The zero-order valence-electron chi connectivity index (χ0n) is 7.07. The average molecular weight is 168 g/mol. The third-order valence-electron chi connectivity index (χ3n) is 2.56. The van der Waals surface area contributed by atoms with Gasteiger partial charge in [-0.15, -0.1) is 0 Å². The van der Waals surface area contributed by atoms with E-state index in [1.165, 1.54) is 0 Å². The van der Waals surface area contributed by atoms with E-state index in [9.17, 15) is 0 Å². The molecule has 0 bridgehead atoms. The Morgan fingerprint density at radius 3 is 2.23 bits per heavy atom.